The molecule has 8 aliphatic heterocycles. The van der Waals surface area contributed by atoms with Crippen molar-refractivity contribution in [3.8, 4) is 23.0 Å². The molecule has 10 aliphatic rings. The van der Waals surface area contributed by atoms with Crippen molar-refractivity contribution in [3.05, 3.63) is 34.9 Å². The van der Waals surface area contributed by atoms with E-state index in [0.29, 0.717) is 55.1 Å². The Morgan fingerprint density at radius 1 is 0.862 bits per heavy atom. The number of aliphatic hydroxyl groups is 1. The minimum Gasteiger partial charge on any atom is -0.504 e. The maximum Gasteiger partial charge on any atom is 0.314 e. The number of aliphatic hydroxyl groups excluding tert-OH is 1. The van der Waals surface area contributed by atoms with Crippen molar-refractivity contribution in [2.45, 2.75) is 106 Å². The number of benzene rings is 2. The second-order valence-corrected chi connectivity index (χ2v) is 18.5. The van der Waals surface area contributed by atoms with Gasteiger partial charge in [-0.15, -0.1) is 0 Å². The fraction of sp³-hybridized carbons (Fsp3) is 0.636. The predicted octanol–water partition coefficient (Wildman–Crippen LogP) is 4.04. The van der Waals surface area contributed by atoms with E-state index in [2.05, 4.69) is 35.8 Å². The number of hydrogen-bond donors (Lipinski definition) is 2. The second-order valence-electron chi connectivity index (χ2n) is 18.5. The summed E-state index contributed by atoms with van der Waals surface area (Å²) in [6.07, 6.45) is 2.61. The fourth-order valence-electron chi connectivity index (χ4n) is 15.2. The van der Waals surface area contributed by atoms with Crippen molar-refractivity contribution in [2.75, 3.05) is 48.1 Å². The molecule has 2 aromatic carbocycles. The molecule has 0 radical (unpaired) electrons. The summed E-state index contributed by atoms with van der Waals surface area (Å²) < 4.78 is 35.8. The number of aromatic hydroxyl groups is 1. The lowest BCUT2D eigenvalue weighted by molar-refractivity contribution is -0.177. The lowest BCUT2D eigenvalue weighted by Gasteiger charge is -2.61. The molecule has 8 heterocycles. The predicted molar refractivity (Wildman–Crippen MR) is 208 cm³/mol. The van der Waals surface area contributed by atoms with Crippen molar-refractivity contribution in [1.29, 1.82) is 0 Å². The third kappa shape index (κ3) is 3.70. The minimum absolute atomic E-state index is 0.0730. The minimum atomic E-state index is -0.958. The van der Waals surface area contributed by atoms with Crippen molar-refractivity contribution in [3.63, 3.8) is 0 Å². The zero-order valence-electron chi connectivity index (χ0n) is 33.7. The summed E-state index contributed by atoms with van der Waals surface area (Å²) in [6, 6.07) is 5.60. The van der Waals surface area contributed by atoms with Crippen molar-refractivity contribution in [2.24, 2.45) is 32.7 Å². The molecule has 2 saturated carbocycles. The molecular weight excluding hydrogens is 745 g/mol. The van der Waals surface area contributed by atoms with Crippen LogP contribution in [0, 0.1) is 22.7 Å². The molecule has 0 bridgehead atoms. The van der Waals surface area contributed by atoms with Gasteiger partial charge in [0.05, 0.1) is 81.1 Å². The van der Waals surface area contributed by atoms with E-state index < -0.39 is 46.3 Å². The summed E-state index contributed by atoms with van der Waals surface area (Å²) in [4.78, 5) is 43.4. The van der Waals surface area contributed by atoms with Crippen LogP contribution in [0.4, 0.5) is 11.4 Å². The van der Waals surface area contributed by atoms with E-state index in [0.717, 1.165) is 54.0 Å². The van der Waals surface area contributed by atoms with Crippen LogP contribution in [0.5, 0.6) is 23.0 Å². The lowest BCUT2D eigenvalue weighted by atomic mass is 9.48. The maximum absolute atomic E-state index is 13.9. The smallest absolute Gasteiger partial charge is 0.314 e. The van der Waals surface area contributed by atoms with E-state index >= 15 is 0 Å². The SMILES string of the molecule is CC[C@@]12CC(C(=O)OC)C3=Nc4cc5c(cc4C34CCN(CC3OC31)C42)C1C(O5)C(O)[C@@]2(CC)CC(C(=O)OC)C3=Nc4c(cc(O)c(OC)c4OC)C34CCN1C42. The maximum atomic E-state index is 13.9. The van der Waals surface area contributed by atoms with Gasteiger partial charge < -0.3 is 38.6 Å². The Morgan fingerprint density at radius 3 is 2.22 bits per heavy atom. The summed E-state index contributed by atoms with van der Waals surface area (Å²) >= 11 is 0. The van der Waals surface area contributed by atoms with Crippen LogP contribution in [-0.4, -0.2) is 128 Å². The molecule has 306 valence electrons. The van der Waals surface area contributed by atoms with E-state index in [1.54, 1.807) is 6.07 Å². The first kappa shape index (κ1) is 35.7. The van der Waals surface area contributed by atoms with Crippen LogP contribution in [0.3, 0.4) is 0 Å². The second kappa shape index (κ2) is 11.3. The molecule has 2 aromatic rings. The summed E-state index contributed by atoms with van der Waals surface area (Å²) in [5.74, 6) is -0.753. The fourth-order valence-corrected chi connectivity index (χ4v) is 15.2. The average Bonchev–Trinajstić information content (AvgIpc) is 3.57. The van der Waals surface area contributed by atoms with Crippen molar-refractivity contribution < 1.29 is 48.2 Å². The average molecular weight is 795 g/mol. The first-order chi connectivity index (χ1) is 28.0. The highest BCUT2D eigenvalue weighted by Crippen LogP contribution is 2.72. The third-order valence-corrected chi connectivity index (χ3v) is 17.2. The summed E-state index contributed by atoms with van der Waals surface area (Å²) in [6.45, 7) is 6.74. The molecule has 2 aliphatic carbocycles. The molecule has 12 rings (SSSR count). The summed E-state index contributed by atoms with van der Waals surface area (Å²) in [7, 11) is 5.87. The number of phenols is 1. The third-order valence-electron chi connectivity index (χ3n) is 17.2. The Morgan fingerprint density at radius 2 is 1.53 bits per heavy atom. The van der Waals surface area contributed by atoms with Gasteiger partial charge in [-0.05, 0) is 68.3 Å². The van der Waals surface area contributed by atoms with E-state index in [4.69, 9.17) is 38.4 Å². The Bertz CT molecular complexity index is 2310. The normalized spacial score (nSPS) is 42.5. The standard InChI is InChI=1S/C44H50N4O10/c1-7-41-16-20(37(51)55-5)34-44(23-14-25(49)30(53-3)31(54-4)28(23)46-34)10-12-48(40(41)44)29-19-13-22-24(15-26(19)57-32(29)35(41)50)45-33-21(38(52)56-6)17-42(8-2)36-27(58-36)18-47-11-9-43(22,33)39(42)47/h13-15,20-21,27,29,32,35-36,39-40,49-50H,7-12,16-18H2,1-6H3/t20?,21?,27?,29?,32?,35?,36?,39?,40?,41-,42-,43?,44?/m1/s1. The number of carbonyl (C=O) groups excluding carboxylic acids is 2. The number of epoxide rings is 1. The number of fused-ring (bicyclic) bond motifs is 8. The number of piperidine rings is 2. The molecule has 2 N–H and O–H groups in total. The number of carbonyl (C=O) groups is 2. The van der Waals surface area contributed by atoms with Crippen LogP contribution in [0.2, 0.25) is 0 Å². The Kier molecular flexibility index (Phi) is 6.96. The number of methoxy groups -OCH3 is 4. The number of esters is 2. The number of phenolic OH excluding ortho intramolecular Hbond substituents is 1. The van der Waals surface area contributed by atoms with Gasteiger partial charge in [0, 0.05) is 59.1 Å². The molecule has 58 heavy (non-hydrogen) atoms. The molecule has 5 saturated heterocycles. The van der Waals surface area contributed by atoms with E-state index in [9.17, 15) is 19.8 Å². The van der Waals surface area contributed by atoms with Crippen molar-refractivity contribution >= 4 is 34.7 Å². The van der Waals surface area contributed by atoms with Gasteiger partial charge >= 0.3 is 11.9 Å². The Hall–Kier alpha value is -4.24. The van der Waals surface area contributed by atoms with Crippen LogP contribution in [0.25, 0.3) is 0 Å². The van der Waals surface area contributed by atoms with Crippen LogP contribution in [0.15, 0.2) is 28.2 Å². The lowest BCUT2D eigenvalue weighted by Crippen LogP contribution is -2.72. The van der Waals surface area contributed by atoms with Gasteiger partial charge in [0.1, 0.15) is 17.5 Å². The molecule has 11 unspecified atom stereocenters. The van der Waals surface area contributed by atoms with E-state index in [1.807, 2.05) is 0 Å². The van der Waals surface area contributed by atoms with Gasteiger partial charge in [0.25, 0.3) is 0 Å². The van der Waals surface area contributed by atoms with Gasteiger partial charge in [-0.2, -0.15) is 0 Å². The van der Waals surface area contributed by atoms with Crippen LogP contribution in [0.1, 0.15) is 75.1 Å². The Balaban J connectivity index is 1.04. The van der Waals surface area contributed by atoms with E-state index in [-0.39, 0.29) is 53.2 Å². The quantitative estimate of drug-likeness (QED) is 0.319. The molecule has 14 heteroatoms. The number of ether oxygens (including phenoxy) is 6. The van der Waals surface area contributed by atoms with E-state index in [1.165, 1.54) is 28.4 Å². The van der Waals surface area contributed by atoms with Crippen LogP contribution < -0.4 is 14.2 Å². The Labute approximate surface area is 336 Å². The highest BCUT2D eigenvalue weighted by atomic mass is 16.6. The van der Waals surface area contributed by atoms with Gasteiger partial charge in [0.2, 0.25) is 5.75 Å². The first-order valence-corrected chi connectivity index (χ1v) is 21.0. The zero-order chi connectivity index (χ0) is 40.0. The van der Waals surface area contributed by atoms with Gasteiger partial charge in [-0.1, -0.05) is 13.8 Å². The number of hydrogen-bond acceptors (Lipinski definition) is 14. The molecule has 0 aromatic heterocycles. The molecule has 2 spiro atoms. The molecular formula is C44H50N4O10. The monoisotopic (exact) mass is 794 g/mol. The number of rotatable bonds is 6. The molecule has 7 fully saturated rings. The largest absolute Gasteiger partial charge is 0.504 e. The summed E-state index contributed by atoms with van der Waals surface area (Å²) in [5.41, 5.74) is 3.50. The number of nitrogens with zero attached hydrogens (tertiary/aromatic N) is 4. The highest BCUT2D eigenvalue weighted by molar-refractivity contribution is 6.15. The van der Waals surface area contributed by atoms with Crippen molar-refractivity contribution in [1.82, 2.24) is 9.80 Å². The highest BCUT2D eigenvalue weighted by Gasteiger charge is 2.77. The topological polar surface area (TPSA) is 164 Å². The zero-order valence-corrected chi connectivity index (χ0v) is 33.7. The first-order valence-electron chi connectivity index (χ1n) is 21.0. The molecule has 0 amide bonds. The number of aliphatic imine (C=N–C) groups is 2. The van der Waals surface area contributed by atoms with Gasteiger partial charge in [-0.25, -0.2) is 0 Å². The summed E-state index contributed by atoms with van der Waals surface area (Å²) in [5, 5.41) is 24.4. The van der Waals surface area contributed by atoms with Gasteiger partial charge in [-0.3, -0.25) is 29.4 Å². The van der Waals surface area contributed by atoms with Crippen LogP contribution in [-0.2, 0) is 34.6 Å². The molecule has 13 atom stereocenters. The van der Waals surface area contributed by atoms with Crippen LogP contribution >= 0.6 is 0 Å². The van der Waals surface area contributed by atoms with Gasteiger partial charge in [0.15, 0.2) is 11.5 Å². The molecule has 14 nitrogen and oxygen atoms in total.